The number of hydrogen-bond donors (Lipinski definition) is 4. The van der Waals surface area contributed by atoms with Crippen LogP contribution in [0.15, 0.2) is 60.7 Å². The summed E-state index contributed by atoms with van der Waals surface area (Å²) in [6.07, 6.45) is 6.31. The smallest absolute Gasteiger partial charge is 0.320 e. The van der Waals surface area contributed by atoms with Crippen LogP contribution in [-0.4, -0.2) is 34.2 Å². The van der Waals surface area contributed by atoms with E-state index in [1.807, 2.05) is 60.7 Å². The maximum Gasteiger partial charge on any atom is 0.320 e. The molecule has 0 aliphatic heterocycles. The highest BCUT2D eigenvalue weighted by Crippen LogP contribution is 2.02. The van der Waals surface area contributed by atoms with Crippen LogP contribution in [0.3, 0.4) is 0 Å². The van der Waals surface area contributed by atoms with Crippen molar-refractivity contribution in [1.82, 2.24) is 0 Å². The van der Waals surface area contributed by atoms with Crippen molar-refractivity contribution < 1.29 is 19.8 Å². The van der Waals surface area contributed by atoms with Gasteiger partial charge in [0.2, 0.25) is 0 Å². The second-order valence-electron chi connectivity index (χ2n) is 6.98. The van der Waals surface area contributed by atoms with Crippen LogP contribution in [0, 0.1) is 0 Å². The lowest BCUT2D eigenvalue weighted by atomic mass is 10.1. The van der Waals surface area contributed by atoms with E-state index in [2.05, 4.69) is 13.8 Å². The van der Waals surface area contributed by atoms with Gasteiger partial charge in [-0.25, -0.2) is 0 Å². The minimum atomic E-state index is -0.959. The third-order valence-corrected chi connectivity index (χ3v) is 4.19. The van der Waals surface area contributed by atoms with Crippen molar-refractivity contribution in [3.63, 3.8) is 0 Å². The summed E-state index contributed by atoms with van der Waals surface area (Å²) in [6, 6.07) is 17.1. The van der Waals surface area contributed by atoms with E-state index in [1.165, 1.54) is 25.7 Å². The molecule has 6 N–H and O–H groups in total. The molecule has 0 aromatic heterocycles. The molecule has 0 saturated carbocycles. The van der Waals surface area contributed by atoms with Crippen LogP contribution in [-0.2, 0) is 22.4 Å². The Morgan fingerprint density at radius 3 is 1.23 bits per heavy atom. The minimum Gasteiger partial charge on any atom is -0.480 e. The van der Waals surface area contributed by atoms with Crippen molar-refractivity contribution in [3.8, 4) is 0 Å². The fraction of sp³-hybridized carbons (Fsp3) is 0.417. The van der Waals surface area contributed by atoms with E-state index in [-0.39, 0.29) is 0 Å². The second kappa shape index (κ2) is 17.2. The molecule has 2 aromatic carbocycles. The Labute approximate surface area is 179 Å². The van der Waals surface area contributed by atoms with Crippen molar-refractivity contribution in [3.05, 3.63) is 71.8 Å². The van der Waals surface area contributed by atoms with Crippen LogP contribution >= 0.6 is 0 Å². The van der Waals surface area contributed by atoms with Crippen LogP contribution in [0.4, 0.5) is 0 Å². The lowest BCUT2D eigenvalue weighted by molar-refractivity contribution is -0.139. The summed E-state index contributed by atoms with van der Waals surface area (Å²) in [5.41, 5.74) is 12.6. The zero-order chi connectivity index (χ0) is 22.8. The average Bonchev–Trinajstić information content (AvgIpc) is 2.74. The number of carboxylic acids is 2. The summed E-state index contributed by atoms with van der Waals surface area (Å²) in [4.78, 5) is 20.8. The Morgan fingerprint density at radius 1 is 0.700 bits per heavy atom. The van der Waals surface area contributed by atoms with Gasteiger partial charge in [0.1, 0.15) is 12.1 Å². The fourth-order valence-corrected chi connectivity index (χ4v) is 2.41. The third-order valence-electron chi connectivity index (χ3n) is 4.19. The molecule has 0 radical (unpaired) electrons. The normalized spacial score (nSPS) is 11.7. The lowest BCUT2D eigenvalue weighted by Crippen LogP contribution is -2.32. The summed E-state index contributed by atoms with van der Waals surface area (Å²) in [6.45, 7) is 4.46. The van der Waals surface area contributed by atoms with Gasteiger partial charge in [-0.3, -0.25) is 9.59 Å². The number of hydrogen-bond acceptors (Lipinski definition) is 4. The molecule has 0 unspecified atom stereocenters. The Morgan fingerprint density at radius 2 is 1.00 bits per heavy atom. The fourth-order valence-electron chi connectivity index (χ4n) is 2.41. The van der Waals surface area contributed by atoms with Gasteiger partial charge < -0.3 is 21.7 Å². The topological polar surface area (TPSA) is 127 Å². The quantitative estimate of drug-likeness (QED) is 0.460. The van der Waals surface area contributed by atoms with Gasteiger partial charge >= 0.3 is 11.9 Å². The molecule has 0 bridgehead atoms. The molecule has 2 rings (SSSR count). The molecule has 0 fully saturated rings. The predicted octanol–water partition coefficient (Wildman–Crippen LogP) is 3.87. The van der Waals surface area contributed by atoms with Crippen molar-refractivity contribution in [2.45, 2.75) is 64.5 Å². The van der Waals surface area contributed by atoms with E-state index >= 15 is 0 Å². The predicted molar refractivity (Wildman–Crippen MR) is 121 cm³/mol. The molecule has 0 aliphatic carbocycles. The number of carboxylic acid groups (broad SMARTS) is 2. The molecule has 0 heterocycles. The Balaban J connectivity index is 0.000000447. The van der Waals surface area contributed by atoms with E-state index in [1.54, 1.807) is 0 Å². The number of rotatable bonds is 9. The Bertz CT molecular complexity index is 631. The van der Waals surface area contributed by atoms with Gasteiger partial charge in [-0.1, -0.05) is 100 Å². The van der Waals surface area contributed by atoms with Crippen molar-refractivity contribution in [1.29, 1.82) is 0 Å². The molecule has 2 atom stereocenters. The van der Waals surface area contributed by atoms with E-state index in [0.29, 0.717) is 12.8 Å². The van der Waals surface area contributed by atoms with Gasteiger partial charge in [-0.15, -0.1) is 0 Å². The minimum absolute atomic E-state index is 0.385. The van der Waals surface area contributed by atoms with E-state index in [4.69, 9.17) is 21.7 Å². The molecule has 6 nitrogen and oxygen atoms in total. The number of benzene rings is 2. The first-order chi connectivity index (χ1) is 14.3. The van der Waals surface area contributed by atoms with Gasteiger partial charge in [0.15, 0.2) is 0 Å². The number of unbranched alkanes of at least 4 members (excludes halogenated alkanes) is 3. The molecule has 30 heavy (non-hydrogen) atoms. The Kier molecular flexibility index (Phi) is 15.6. The monoisotopic (exact) mass is 416 g/mol. The maximum atomic E-state index is 10.4. The Hall–Kier alpha value is -2.70. The summed E-state index contributed by atoms with van der Waals surface area (Å²) in [7, 11) is 0. The van der Waals surface area contributed by atoms with Crippen molar-refractivity contribution >= 4 is 11.9 Å². The van der Waals surface area contributed by atoms with E-state index < -0.39 is 24.0 Å². The first-order valence-corrected chi connectivity index (χ1v) is 10.4. The molecule has 0 aliphatic rings. The van der Waals surface area contributed by atoms with Gasteiger partial charge in [-0.05, 0) is 24.0 Å². The highest BCUT2D eigenvalue weighted by Gasteiger charge is 2.11. The molecule has 0 amide bonds. The summed E-state index contributed by atoms with van der Waals surface area (Å²) >= 11 is 0. The first-order valence-electron chi connectivity index (χ1n) is 10.4. The van der Waals surface area contributed by atoms with Crippen LogP contribution in [0.2, 0.25) is 0 Å². The lowest BCUT2D eigenvalue weighted by Gasteiger charge is -2.04. The maximum absolute atomic E-state index is 10.4. The first kappa shape index (κ1) is 27.3. The molecule has 166 valence electrons. The van der Waals surface area contributed by atoms with E-state index in [9.17, 15) is 9.59 Å². The zero-order valence-electron chi connectivity index (χ0n) is 18.0. The molecular formula is C24H36N2O4. The van der Waals surface area contributed by atoms with Gasteiger partial charge in [0.25, 0.3) is 0 Å². The molecule has 0 spiro atoms. The van der Waals surface area contributed by atoms with E-state index in [0.717, 1.165) is 11.1 Å². The number of aliphatic carboxylic acids is 2. The molecule has 2 aromatic rings. The van der Waals surface area contributed by atoms with Crippen LogP contribution in [0.1, 0.15) is 50.7 Å². The van der Waals surface area contributed by atoms with Crippen molar-refractivity contribution in [2.75, 3.05) is 0 Å². The van der Waals surface area contributed by atoms with Gasteiger partial charge in [0, 0.05) is 0 Å². The molecule has 6 heteroatoms. The number of carbonyl (C=O) groups is 2. The summed E-state index contributed by atoms with van der Waals surface area (Å²) in [5, 5.41) is 17.0. The second-order valence-corrected chi connectivity index (χ2v) is 6.98. The molecular weight excluding hydrogens is 380 g/mol. The van der Waals surface area contributed by atoms with Gasteiger partial charge in [-0.2, -0.15) is 0 Å². The van der Waals surface area contributed by atoms with Crippen LogP contribution < -0.4 is 11.5 Å². The highest BCUT2D eigenvalue weighted by atomic mass is 16.4. The van der Waals surface area contributed by atoms with Crippen LogP contribution in [0.5, 0.6) is 0 Å². The zero-order valence-corrected chi connectivity index (χ0v) is 18.0. The van der Waals surface area contributed by atoms with Crippen LogP contribution in [0.25, 0.3) is 0 Å². The number of nitrogens with two attached hydrogens (primary N) is 2. The highest BCUT2D eigenvalue weighted by molar-refractivity contribution is 5.73. The third kappa shape index (κ3) is 14.3. The molecule has 0 saturated heterocycles. The summed E-state index contributed by atoms with van der Waals surface area (Å²) in [5.74, 6) is -1.92. The van der Waals surface area contributed by atoms with Gasteiger partial charge in [0.05, 0.1) is 0 Å². The standard InChI is InChI=1S/2C9H11NO2.C6H14/c2*10-8(9(11)12)6-7-4-2-1-3-5-7;1-3-5-6-4-2/h2*1-5,8H,6,10H2,(H,11,12);3-6H2,1-2H3/t2*8-;/m00./s1. The van der Waals surface area contributed by atoms with Crippen molar-refractivity contribution in [2.24, 2.45) is 11.5 Å². The largest absolute Gasteiger partial charge is 0.480 e. The SMILES string of the molecule is CCCCCC.N[C@@H](Cc1ccccc1)C(=O)O.N[C@@H](Cc1ccccc1)C(=O)O. The summed E-state index contributed by atoms with van der Waals surface area (Å²) < 4.78 is 0. The average molecular weight is 417 g/mol.